The Bertz CT molecular complexity index is 685. The van der Waals surface area contributed by atoms with Gasteiger partial charge in [-0.25, -0.2) is 8.78 Å². The van der Waals surface area contributed by atoms with Crippen LogP contribution in [0.25, 0.3) is 0 Å². The van der Waals surface area contributed by atoms with Gasteiger partial charge in [-0.3, -0.25) is 4.99 Å². The molecule has 2 aliphatic rings. The molecule has 2 fully saturated rings. The molecule has 8 heteroatoms. The Labute approximate surface area is 195 Å². The van der Waals surface area contributed by atoms with Crippen LogP contribution in [0.4, 0.5) is 8.78 Å². The summed E-state index contributed by atoms with van der Waals surface area (Å²) in [7, 11) is 0. The van der Waals surface area contributed by atoms with E-state index in [2.05, 4.69) is 10.6 Å². The summed E-state index contributed by atoms with van der Waals surface area (Å²) in [5, 5.41) is 16.0. The highest BCUT2D eigenvalue weighted by Crippen LogP contribution is 2.42. The van der Waals surface area contributed by atoms with Gasteiger partial charge in [-0.1, -0.05) is 18.9 Å². The van der Waals surface area contributed by atoms with Crippen molar-refractivity contribution in [1.82, 2.24) is 10.6 Å². The molecule has 0 bridgehead atoms. The number of guanidine groups is 1. The molecule has 0 aromatic heterocycles. The van der Waals surface area contributed by atoms with Gasteiger partial charge >= 0.3 is 0 Å². The van der Waals surface area contributed by atoms with E-state index in [1.54, 1.807) is 0 Å². The van der Waals surface area contributed by atoms with E-state index in [-0.39, 0.29) is 41.6 Å². The second-order valence-electron chi connectivity index (χ2n) is 8.41. The number of benzene rings is 1. The van der Waals surface area contributed by atoms with E-state index in [0.717, 1.165) is 32.1 Å². The third kappa shape index (κ3) is 5.82. The molecule has 0 amide bonds. The number of hydrogen-bond acceptors (Lipinski definition) is 3. The van der Waals surface area contributed by atoms with Crippen molar-refractivity contribution >= 4 is 29.9 Å². The number of nitrogens with one attached hydrogen (secondary N) is 2. The summed E-state index contributed by atoms with van der Waals surface area (Å²) < 4.78 is 34.7. The van der Waals surface area contributed by atoms with E-state index in [1.165, 1.54) is 18.2 Å². The van der Waals surface area contributed by atoms with Gasteiger partial charge in [0.15, 0.2) is 5.96 Å². The normalized spacial score (nSPS) is 23.3. The lowest BCUT2D eigenvalue weighted by Gasteiger charge is -2.31. The first-order valence-electron chi connectivity index (χ1n) is 10.7. The summed E-state index contributed by atoms with van der Waals surface area (Å²) in [5.74, 6) is -0.305. The van der Waals surface area contributed by atoms with Gasteiger partial charge in [0.05, 0.1) is 13.2 Å². The smallest absolute Gasteiger partial charge is 0.191 e. The van der Waals surface area contributed by atoms with Gasteiger partial charge in [-0.15, -0.1) is 24.0 Å². The van der Waals surface area contributed by atoms with E-state index in [0.29, 0.717) is 45.2 Å². The van der Waals surface area contributed by atoms with E-state index in [4.69, 9.17) is 9.73 Å². The molecular formula is C22H34F2IN3O2. The maximum absolute atomic E-state index is 14.6. The Morgan fingerprint density at radius 2 is 1.87 bits per heavy atom. The maximum atomic E-state index is 14.6. The zero-order valence-corrected chi connectivity index (χ0v) is 20.0. The summed E-state index contributed by atoms with van der Waals surface area (Å²) >= 11 is 0. The molecule has 0 radical (unpaired) electrons. The van der Waals surface area contributed by atoms with E-state index in [1.807, 2.05) is 6.92 Å². The lowest BCUT2D eigenvalue weighted by molar-refractivity contribution is 0.131. The molecule has 1 aromatic rings. The van der Waals surface area contributed by atoms with E-state index >= 15 is 0 Å². The molecule has 170 valence electrons. The first-order valence-corrected chi connectivity index (χ1v) is 10.7. The third-order valence-electron chi connectivity index (χ3n) is 6.39. The molecule has 1 atom stereocenters. The van der Waals surface area contributed by atoms with Crippen molar-refractivity contribution in [3.63, 3.8) is 0 Å². The summed E-state index contributed by atoms with van der Waals surface area (Å²) in [4.78, 5) is 4.73. The minimum Gasteiger partial charge on any atom is -0.396 e. The number of rotatable bonds is 8. The van der Waals surface area contributed by atoms with Gasteiger partial charge in [-0.2, -0.15) is 0 Å². The fourth-order valence-electron chi connectivity index (χ4n) is 4.70. The van der Waals surface area contributed by atoms with Crippen LogP contribution in [0.3, 0.4) is 0 Å². The zero-order chi connectivity index (χ0) is 20.7. The van der Waals surface area contributed by atoms with Gasteiger partial charge in [0.25, 0.3) is 0 Å². The Kier molecular flexibility index (Phi) is 9.74. The second kappa shape index (κ2) is 11.6. The summed E-state index contributed by atoms with van der Waals surface area (Å²) in [5.41, 5.74) is -0.508. The molecule has 0 spiro atoms. The Hall–Kier alpha value is -1.000. The lowest BCUT2D eigenvalue weighted by atomic mass is 9.78. The van der Waals surface area contributed by atoms with Crippen LogP contribution in [0.5, 0.6) is 0 Å². The van der Waals surface area contributed by atoms with Gasteiger partial charge in [0.1, 0.15) is 11.6 Å². The summed E-state index contributed by atoms with van der Waals surface area (Å²) in [6, 6.07) is 4.10. The summed E-state index contributed by atoms with van der Waals surface area (Å²) in [6.45, 7) is 5.05. The van der Waals surface area contributed by atoms with Gasteiger partial charge < -0.3 is 20.5 Å². The fourth-order valence-corrected chi connectivity index (χ4v) is 4.70. The number of aliphatic hydroxyl groups is 1. The van der Waals surface area contributed by atoms with Gasteiger partial charge in [0, 0.05) is 42.7 Å². The molecule has 5 nitrogen and oxygen atoms in total. The van der Waals surface area contributed by atoms with Crippen molar-refractivity contribution in [1.29, 1.82) is 0 Å². The highest BCUT2D eigenvalue weighted by Gasteiger charge is 2.40. The second-order valence-corrected chi connectivity index (χ2v) is 8.41. The zero-order valence-electron chi connectivity index (χ0n) is 17.7. The Balaban J connectivity index is 0.00000320. The molecule has 1 aliphatic heterocycles. The summed E-state index contributed by atoms with van der Waals surface area (Å²) in [6.07, 6.45) is 4.94. The molecule has 3 N–H and O–H groups in total. The van der Waals surface area contributed by atoms with Crippen LogP contribution in [0.1, 0.15) is 51.0 Å². The van der Waals surface area contributed by atoms with Crippen molar-refractivity contribution in [3.05, 3.63) is 35.4 Å². The minimum absolute atomic E-state index is 0. The third-order valence-corrected chi connectivity index (χ3v) is 6.39. The van der Waals surface area contributed by atoms with Crippen molar-refractivity contribution in [2.75, 3.05) is 39.5 Å². The monoisotopic (exact) mass is 537 g/mol. The van der Waals surface area contributed by atoms with E-state index < -0.39 is 17.0 Å². The number of hydrogen-bond donors (Lipinski definition) is 3. The highest BCUT2D eigenvalue weighted by molar-refractivity contribution is 14.0. The van der Waals surface area contributed by atoms with Crippen molar-refractivity contribution < 1.29 is 18.6 Å². The largest absolute Gasteiger partial charge is 0.396 e. The first kappa shape index (κ1) is 25.3. The van der Waals surface area contributed by atoms with Crippen LogP contribution in [-0.4, -0.2) is 50.5 Å². The Morgan fingerprint density at radius 1 is 1.17 bits per heavy atom. The van der Waals surface area contributed by atoms with Crippen molar-refractivity contribution in [2.24, 2.45) is 10.4 Å². The van der Waals surface area contributed by atoms with Crippen LogP contribution in [0.2, 0.25) is 0 Å². The number of nitrogens with zero attached hydrogens (tertiary/aromatic N) is 1. The standard InChI is InChI=1S/C22H33F2N3O2.HI/c1-2-25-20(26-14-21(10-12-28)11-13-29-16-21)27-15-22(8-3-4-9-22)19-17(23)6-5-7-18(19)24;/h5-7,28H,2-4,8-16H2,1H3,(H2,25,26,27);1H. The van der Waals surface area contributed by atoms with Crippen LogP contribution in [0.15, 0.2) is 23.2 Å². The Morgan fingerprint density at radius 3 is 2.43 bits per heavy atom. The fraction of sp³-hybridized carbons (Fsp3) is 0.682. The minimum atomic E-state index is -0.565. The van der Waals surface area contributed by atoms with Gasteiger partial charge in [-0.05, 0) is 44.7 Å². The van der Waals surface area contributed by atoms with Crippen molar-refractivity contribution in [3.8, 4) is 0 Å². The van der Waals surface area contributed by atoms with Crippen LogP contribution in [0, 0.1) is 17.0 Å². The number of aliphatic hydroxyl groups excluding tert-OH is 1. The van der Waals surface area contributed by atoms with Crippen LogP contribution < -0.4 is 10.6 Å². The van der Waals surface area contributed by atoms with Crippen LogP contribution >= 0.6 is 24.0 Å². The quantitative estimate of drug-likeness (QED) is 0.269. The van der Waals surface area contributed by atoms with Crippen molar-refractivity contribution in [2.45, 2.75) is 50.9 Å². The molecule has 30 heavy (non-hydrogen) atoms. The average Bonchev–Trinajstić information content (AvgIpc) is 3.35. The molecule has 1 saturated carbocycles. The molecule has 3 rings (SSSR count). The predicted molar refractivity (Wildman–Crippen MR) is 125 cm³/mol. The predicted octanol–water partition coefficient (Wildman–Crippen LogP) is 3.74. The number of ether oxygens (including phenoxy) is 1. The maximum Gasteiger partial charge on any atom is 0.191 e. The highest BCUT2D eigenvalue weighted by atomic mass is 127. The molecule has 1 heterocycles. The molecule has 1 unspecified atom stereocenters. The molecule has 1 saturated heterocycles. The molecule has 1 aliphatic carbocycles. The van der Waals surface area contributed by atoms with Crippen LogP contribution in [-0.2, 0) is 10.2 Å². The topological polar surface area (TPSA) is 65.9 Å². The molecule has 1 aromatic carbocycles. The SMILES string of the molecule is CCNC(=NCC1(CCO)CCOC1)NCC1(c2c(F)cccc2F)CCCC1.I. The lowest BCUT2D eigenvalue weighted by Crippen LogP contribution is -2.46. The molecular weight excluding hydrogens is 503 g/mol. The average molecular weight is 537 g/mol. The number of halogens is 3. The first-order chi connectivity index (χ1) is 14.0. The number of aliphatic imine (C=N–C) groups is 1. The van der Waals surface area contributed by atoms with E-state index in [9.17, 15) is 13.9 Å². The van der Waals surface area contributed by atoms with Gasteiger partial charge in [0.2, 0.25) is 0 Å².